The minimum absolute atomic E-state index is 0.0418. The Balaban J connectivity index is 1.22. The van der Waals surface area contributed by atoms with Gasteiger partial charge in [0.25, 0.3) is 0 Å². The van der Waals surface area contributed by atoms with Crippen molar-refractivity contribution < 1.29 is 33.6 Å². The summed E-state index contributed by atoms with van der Waals surface area (Å²) in [6, 6.07) is 1.30. The van der Waals surface area contributed by atoms with E-state index in [-0.39, 0.29) is 30.4 Å². The van der Waals surface area contributed by atoms with Crippen LogP contribution in [-0.4, -0.2) is 77.1 Å². The van der Waals surface area contributed by atoms with Crippen LogP contribution in [0.15, 0.2) is 36.4 Å². The first-order valence-corrected chi connectivity index (χ1v) is 16.4. The van der Waals surface area contributed by atoms with Gasteiger partial charge in [-0.25, -0.2) is 9.78 Å². The Morgan fingerprint density at radius 1 is 1.28 bits per heavy atom. The zero-order chi connectivity index (χ0) is 32.9. The second-order valence-electron chi connectivity index (χ2n) is 12.9. The minimum atomic E-state index is -1.02. The molecule has 3 fully saturated rings. The molecule has 1 amide bonds. The third kappa shape index (κ3) is 5.62. The fraction of sp³-hybridized carbons (Fsp3) is 0.545. The van der Waals surface area contributed by atoms with Gasteiger partial charge in [0.2, 0.25) is 17.6 Å². The molecule has 4 aliphatic heterocycles. The Kier molecular flexibility index (Phi) is 8.37. The van der Waals surface area contributed by atoms with Crippen LogP contribution < -0.4 is 40.8 Å². The van der Waals surface area contributed by atoms with Gasteiger partial charge in [0.15, 0.2) is 0 Å². The molecule has 47 heavy (non-hydrogen) atoms. The van der Waals surface area contributed by atoms with Gasteiger partial charge in [-0.05, 0) is 44.3 Å². The maximum atomic E-state index is 12.9. The van der Waals surface area contributed by atoms with Gasteiger partial charge < -0.3 is 38.8 Å². The lowest BCUT2D eigenvalue weighted by Gasteiger charge is -2.39. The molecule has 1 saturated carbocycles. The molecule has 0 radical (unpaired) electrons. The van der Waals surface area contributed by atoms with E-state index in [1.165, 1.54) is 6.42 Å². The topological polar surface area (TPSA) is 174 Å². The normalized spacial score (nSPS) is 27.5. The lowest BCUT2D eigenvalue weighted by molar-refractivity contribution is -0.141. The van der Waals surface area contributed by atoms with Crippen LogP contribution in [0, 0.1) is 5.92 Å². The van der Waals surface area contributed by atoms with Gasteiger partial charge in [0.05, 0.1) is 25.9 Å². The Morgan fingerprint density at radius 3 is 2.85 bits per heavy atom. The molecule has 5 heterocycles. The quantitative estimate of drug-likeness (QED) is 0.261. The largest absolute Gasteiger partial charge is 0.496 e. The molecule has 0 spiro atoms. The minimum Gasteiger partial charge on any atom is -0.496 e. The van der Waals surface area contributed by atoms with Gasteiger partial charge >= 0.3 is 5.97 Å². The first kappa shape index (κ1) is 31.5. The van der Waals surface area contributed by atoms with E-state index in [1.807, 2.05) is 28.7 Å². The van der Waals surface area contributed by atoms with Gasteiger partial charge in [-0.3, -0.25) is 21.2 Å². The molecular weight excluding hydrogens is 606 g/mol. The van der Waals surface area contributed by atoms with E-state index in [0.717, 1.165) is 31.2 Å². The summed E-state index contributed by atoms with van der Waals surface area (Å²) in [5.74, 6) is 1.62. The number of ether oxygens (including phenoxy) is 4. The number of esters is 1. The van der Waals surface area contributed by atoms with Crippen molar-refractivity contribution in [3.8, 4) is 17.2 Å². The van der Waals surface area contributed by atoms with Crippen LogP contribution in [0.2, 0.25) is 0 Å². The lowest BCUT2D eigenvalue weighted by atomic mass is 9.74. The van der Waals surface area contributed by atoms with Gasteiger partial charge in [0.1, 0.15) is 47.5 Å². The number of fused-ring (bicyclic) bond motifs is 3. The first-order valence-electron chi connectivity index (χ1n) is 16.4. The molecule has 14 nitrogen and oxygen atoms in total. The van der Waals surface area contributed by atoms with Crippen LogP contribution in [0.4, 0.5) is 5.95 Å². The SMILES string of the molecule is CCOC(=O)C1=C/C(=C\Cn2ccnc2N2CN[C@H]3C(=O)N[C@@H](N)N[C@@H]32)c2c(cc3c(c2OC)C[C@@H]([C@](C)(O)C2CCCCC2)O3)O1. The molecule has 252 valence electrons. The van der Waals surface area contributed by atoms with Gasteiger partial charge in [-0.2, -0.15) is 0 Å². The highest BCUT2D eigenvalue weighted by Gasteiger charge is 2.47. The summed E-state index contributed by atoms with van der Waals surface area (Å²) < 4.78 is 25.8. The van der Waals surface area contributed by atoms with Crippen LogP contribution in [0.5, 0.6) is 17.2 Å². The molecule has 0 unspecified atom stereocenters. The van der Waals surface area contributed by atoms with Crippen molar-refractivity contribution in [2.24, 2.45) is 11.7 Å². The van der Waals surface area contributed by atoms with E-state index in [2.05, 4.69) is 20.9 Å². The number of carbonyl (C=O) groups excluding carboxylic acids is 2. The molecule has 6 N–H and O–H groups in total. The summed E-state index contributed by atoms with van der Waals surface area (Å²) in [6.45, 7) is 4.59. The van der Waals surface area contributed by atoms with Gasteiger partial charge in [0, 0.05) is 37.0 Å². The van der Waals surface area contributed by atoms with Crippen LogP contribution >= 0.6 is 0 Å². The smallest absolute Gasteiger partial charge is 0.374 e. The summed E-state index contributed by atoms with van der Waals surface area (Å²) in [5, 5.41) is 20.9. The lowest BCUT2D eigenvalue weighted by Crippen LogP contribution is -2.70. The predicted molar refractivity (Wildman–Crippen MR) is 171 cm³/mol. The summed E-state index contributed by atoms with van der Waals surface area (Å²) in [7, 11) is 1.60. The molecule has 5 atom stereocenters. The number of imidazole rings is 1. The highest BCUT2D eigenvalue weighted by atomic mass is 16.6. The van der Waals surface area contributed by atoms with E-state index in [0.29, 0.717) is 54.0 Å². The molecule has 1 aromatic heterocycles. The molecule has 7 rings (SSSR count). The second kappa shape index (κ2) is 12.5. The molecule has 1 aromatic carbocycles. The Hall–Kier alpha value is -4.11. The van der Waals surface area contributed by atoms with Crippen molar-refractivity contribution in [3.05, 3.63) is 47.5 Å². The average Bonchev–Trinajstić information content (AvgIpc) is 3.81. The van der Waals surface area contributed by atoms with Gasteiger partial charge in [-0.1, -0.05) is 25.3 Å². The Morgan fingerprint density at radius 2 is 2.09 bits per heavy atom. The predicted octanol–water partition coefficient (Wildman–Crippen LogP) is 1.47. The molecule has 2 saturated heterocycles. The van der Waals surface area contributed by atoms with Crippen molar-refractivity contribution in [2.75, 3.05) is 25.3 Å². The summed E-state index contributed by atoms with van der Waals surface area (Å²) in [4.78, 5) is 32.0. The zero-order valence-corrected chi connectivity index (χ0v) is 27.0. The number of hydrogen-bond donors (Lipinski definition) is 5. The highest BCUT2D eigenvalue weighted by molar-refractivity contribution is 5.96. The monoisotopic (exact) mass is 649 g/mol. The van der Waals surface area contributed by atoms with Crippen LogP contribution in [-0.2, 0) is 27.3 Å². The molecule has 14 heteroatoms. The second-order valence-corrected chi connectivity index (χ2v) is 12.9. The fourth-order valence-electron chi connectivity index (χ4n) is 7.58. The van der Waals surface area contributed by atoms with Crippen molar-refractivity contribution >= 4 is 23.4 Å². The van der Waals surface area contributed by atoms with Crippen molar-refractivity contribution in [1.82, 2.24) is 25.5 Å². The van der Waals surface area contributed by atoms with Gasteiger partial charge in [-0.15, -0.1) is 0 Å². The van der Waals surface area contributed by atoms with E-state index in [9.17, 15) is 14.7 Å². The zero-order valence-electron chi connectivity index (χ0n) is 27.0. The molecule has 1 aliphatic carbocycles. The van der Waals surface area contributed by atoms with E-state index in [4.69, 9.17) is 24.7 Å². The number of anilines is 1. The Labute approximate surface area is 273 Å². The van der Waals surface area contributed by atoms with Crippen molar-refractivity contribution in [3.63, 3.8) is 0 Å². The Bertz CT molecular complexity index is 1610. The number of hydrogen-bond acceptors (Lipinski definition) is 12. The molecule has 0 bridgehead atoms. The summed E-state index contributed by atoms with van der Waals surface area (Å²) in [5.41, 5.74) is 7.22. The first-order chi connectivity index (χ1) is 22.7. The van der Waals surface area contributed by atoms with Crippen molar-refractivity contribution in [1.29, 1.82) is 0 Å². The molecular formula is C33H43N7O7. The van der Waals surface area contributed by atoms with E-state index in [1.54, 1.807) is 32.4 Å². The molecule has 5 aliphatic rings. The van der Waals surface area contributed by atoms with Crippen molar-refractivity contribution in [2.45, 2.75) is 89.1 Å². The number of nitrogens with zero attached hydrogens (tertiary/aromatic N) is 3. The number of benzene rings is 1. The van der Waals surface area contributed by atoms with Crippen LogP contribution in [0.3, 0.4) is 0 Å². The third-order valence-corrected chi connectivity index (χ3v) is 10.0. The standard InChI is InChI=1S/C33H43N7O7/c1-4-45-30(42)23-14-18(10-12-39-13-11-35-32(39)40-17-36-26-28(40)37-31(34)38-29(26)41)25-22(46-23)16-21-20(27(25)44-3)15-24(47-21)33(2,43)19-8-6-5-7-9-19/h10-11,13-14,16,19,24,26,28,31,36-37,43H,4-9,12,15,17,34H2,1-3H3,(H,38,41)/b18-10+/t24-,26+,28+,31-,33+/m0/s1. The maximum Gasteiger partial charge on any atom is 0.374 e. The maximum absolute atomic E-state index is 12.9. The molecule has 2 aromatic rings. The number of amides is 1. The number of aliphatic hydroxyl groups is 1. The fourth-order valence-corrected chi connectivity index (χ4v) is 7.58. The van der Waals surface area contributed by atoms with E-state index < -0.39 is 30.0 Å². The average molecular weight is 650 g/mol. The highest BCUT2D eigenvalue weighted by Crippen LogP contribution is 2.51. The number of methoxy groups -OCH3 is 1. The van der Waals surface area contributed by atoms with Crippen LogP contribution in [0.25, 0.3) is 5.57 Å². The summed E-state index contributed by atoms with van der Waals surface area (Å²) >= 11 is 0. The number of nitrogens with two attached hydrogens (primary N) is 1. The van der Waals surface area contributed by atoms with E-state index >= 15 is 0 Å². The number of aromatic nitrogens is 2. The summed E-state index contributed by atoms with van der Waals surface area (Å²) in [6.07, 6.45) is 11.5. The number of nitrogens with one attached hydrogen (secondary N) is 3. The third-order valence-electron chi connectivity index (χ3n) is 10.0. The number of rotatable bonds is 8. The number of allylic oxidation sites excluding steroid dienone is 3. The van der Waals surface area contributed by atoms with Crippen LogP contribution in [0.1, 0.15) is 57.1 Å². The number of carbonyl (C=O) groups is 2.